The number of rotatable bonds is 5. The zero-order chi connectivity index (χ0) is 21.4. The second-order valence-electron chi connectivity index (χ2n) is 10.8. The molecule has 0 saturated heterocycles. The molecule has 1 aliphatic heterocycles. The molecule has 0 aromatic rings. The van der Waals surface area contributed by atoms with Gasteiger partial charge in [0, 0.05) is 0 Å². The molecule has 0 aromatic heterocycles. The van der Waals surface area contributed by atoms with E-state index in [1.54, 1.807) is 0 Å². The van der Waals surface area contributed by atoms with E-state index in [-0.39, 0.29) is 16.8 Å². The van der Waals surface area contributed by atoms with Gasteiger partial charge in [-0.2, -0.15) is 6.67 Å². The quantitative estimate of drug-likeness (QED) is 0.310. The molecule has 0 bridgehead atoms. The SMILES string of the molecule is CCN1C=CN(C)[CH-]1.C[Si](C)(C)[N-][Si](C)(C)C.C[Si](C)(C)[N-][Si](C)(C)C.[Co+3]. The largest absolute Gasteiger partial charge is 3.00 e. The van der Waals surface area contributed by atoms with E-state index < -0.39 is 32.9 Å². The van der Waals surface area contributed by atoms with E-state index in [2.05, 4.69) is 103 Å². The minimum Gasteiger partial charge on any atom is -0.668 e. The second kappa shape index (κ2) is 13.0. The average Bonchev–Trinajstić information content (AvgIpc) is 2.66. The van der Waals surface area contributed by atoms with Gasteiger partial charge in [-0.05, 0) is 26.0 Å². The van der Waals surface area contributed by atoms with E-state index in [1.165, 1.54) is 0 Å². The minimum atomic E-state index is -1.11. The summed E-state index contributed by atoms with van der Waals surface area (Å²) in [6.45, 7) is 32.8. The normalized spacial score (nSPS) is 14.7. The molecule has 0 unspecified atom stereocenters. The number of nitrogens with zero attached hydrogens (tertiary/aromatic N) is 4. The van der Waals surface area contributed by atoms with E-state index in [0.29, 0.717) is 0 Å². The fourth-order valence-corrected chi connectivity index (χ4v) is 18.8. The molecule has 0 saturated carbocycles. The Balaban J connectivity index is -0.000000314. The first kappa shape index (κ1) is 32.3. The van der Waals surface area contributed by atoms with Gasteiger partial charge in [0.1, 0.15) is 0 Å². The van der Waals surface area contributed by atoms with E-state index in [0.717, 1.165) is 6.54 Å². The zero-order valence-corrected chi connectivity index (χ0v) is 25.6. The predicted octanol–water partition coefficient (Wildman–Crippen LogP) is 6.90. The van der Waals surface area contributed by atoms with Crippen LogP contribution in [0, 0.1) is 6.67 Å². The van der Waals surface area contributed by atoms with E-state index in [4.69, 9.17) is 9.30 Å². The Kier molecular flexibility index (Phi) is 15.6. The Bertz CT molecular complexity index is 358. The van der Waals surface area contributed by atoms with Crippen molar-refractivity contribution in [2.24, 2.45) is 0 Å². The van der Waals surface area contributed by atoms with Gasteiger partial charge in [-0.25, -0.2) is 0 Å². The van der Waals surface area contributed by atoms with Crippen molar-refractivity contribution in [2.45, 2.75) is 85.5 Å². The number of hydrogen-bond acceptors (Lipinski definition) is 2. The molecule has 4 nitrogen and oxygen atoms in total. The molecule has 0 atom stereocenters. The molecular weight excluding hydrogens is 444 g/mol. The summed E-state index contributed by atoms with van der Waals surface area (Å²) in [5, 5.41) is 0. The first-order chi connectivity index (χ1) is 11.2. The van der Waals surface area contributed by atoms with Gasteiger partial charge >= 0.3 is 16.8 Å². The Morgan fingerprint density at radius 2 is 0.963 bits per heavy atom. The Morgan fingerprint density at radius 1 is 0.667 bits per heavy atom. The molecule has 164 valence electrons. The maximum atomic E-state index is 4.82. The van der Waals surface area contributed by atoms with Crippen LogP contribution in [0.2, 0.25) is 78.6 Å². The topological polar surface area (TPSA) is 34.7 Å². The summed E-state index contributed by atoms with van der Waals surface area (Å²) in [7, 11) is -2.40. The fourth-order valence-electron chi connectivity index (χ4n) is 2.70. The van der Waals surface area contributed by atoms with Crippen molar-refractivity contribution < 1.29 is 16.8 Å². The van der Waals surface area contributed by atoms with Crippen LogP contribution in [0.15, 0.2) is 12.4 Å². The van der Waals surface area contributed by atoms with Crippen molar-refractivity contribution in [1.82, 2.24) is 9.80 Å². The molecule has 1 rings (SSSR count). The van der Waals surface area contributed by atoms with Crippen LogP contribution in [0.1, 0.15) is 6.92 Å². The van der Waals surface area contributed by atoms with E-state index in [1.807, 2.05) is 18.1 Å². The van der Waals surface area contributed by atoms with Gasteiger partial charge in [-0.3, -0.25) is 0 Å². The van der Waals surface area contributed by atoms with Gasteiger partial charge in [0.2, 0.25) is 0 Å². The van der Waals surface area contributed by atoms with Gasteiger partial charge in [-0.15, -0.1) is 0 Å². The van der Waals surface area contributed by atoms with Crippen LogP contribution in [0.25, 0.3) is 9.30 Å². The monoisotopic (exact) mass is 490 g/mol. The predicted molar refractivity (Wildman–Crippen MR) is 134 cm³/mol. The van der Waals surface area contributed by atoms with Crippen molar-refractivity contribution >= 4 is 32.9 Å². The third-order valence-electron chi connectivity index (χ3n) is 2.53. The summed E-state index contributed by atoms with van der Waals surface area (Å²) < 4.78 is 9.64. The van der Waals surface area contributed by atoms with Crippen LogP contribution in [0.4, 0.5) is 0 Å². The fraction of sp³-hybridized carbons (Fsp3) is 0.833. The van der Waals surface area contributed by atoms with Gasteiger partial charge in [0.15, 0.2) is 0 Å². The van der Waals surface area contributed by atoms with Gasteiger partial charge < -0.3 is 19.1 Å². The molecule has 0 radical (unpaired) electrons. The van der Waals surface area contributed by atoms with Gasteiger partial charge in [0.05, 0.1) is 0 Å². The standard InChI is InChI=1S/C6H11N2.2C6H18NSi2.Co/c1-3-8-5-4-7(2)6-8;2*1-8(2,3)7-9(4,5)6;/h4-6H,3H2,1-2H3;2*1-6H3;/q3*-1;+3. The maximum absolute atomic E-state index is 4.82. The summed E-state index contributed by atoms with van der Waals surface area (Å²) in [6, 6.07) is 0. The second-order valence-corrected chi connectivity index (χ2v) is 30.0. The van der Waals surface area contributed by atoms with Crippen LogP contribution in [0.5, 0.6) is 0 Å². The Hall–Kier alpha value is 0.634. The summed E-state index contributed by atoms with van der Waals surface area (Å²) in [5.74, 6) is 0. The molecule has 0 spiro atoms. The Morgan fingerprint density at radius 3 is 1.04 bits per heavy atom. The first-order valence-corrected chi connectivity index (χ1v) is 23.5. The van der Waals surface area contributed by atoms with E-state index in [9.17, 15) is 0 Å². The number of hydrogen-bond donors (Lipinski definition) is 0. The van der Waals surface area contributed by atoms with Crippen molar-refractivity contribution in [3.05, 3.63) is 28.4 Å². The van der Waals surface area contributed by atoms with Crippen LogP contribution < -0.4 is 0 Å². The van der Waals surface area contributed by atoms with Crippen molar-refractivity contribution in [3.8, 4) is 0 Å². The summed E-state index contributed by atoms with van der Waals surface area (Å²) in [6.07, 6.45) is 4.09. The van der Waals surface area contributed by atoms with Crippen molar-refractivity contribution in [2.75, 3.05) is 13.6 Å². The van der Waals surface area contributed by atoms with Crippen LogP contribution in [0.3, 0.4) is 0 Å². The summed E-state index contributed by atoms with van der Waals surface area (Å²) in [4.78, 5) is 4.16. The molecule has 27 heavy (non-hydrogen) atoms. The van der Waals surface area contributed by atoms with Crippen LogP contribution in [-0.2, 0) is 16.8 Å². The maximum Gasteiger partial charge on any atom is 3.00 e. The summed E-state index contributed by atoms with van der Waals surface area (Å²) >= 11 is 0. The van der Waals surface area contributed by atoms with Gasteiger partial charge in [0.25, 0.3) is 0 Å². The zero-order valence-electron chi connectivity index (χ0n) is 20.6. The molecule has 1 heterocycles. The van der Waals surface area contributed by atoms with E-state index >= 15 is 0 Å². The Labute approximate surface area is 186 Å². The minimum absolute atomic E-state index is 0. The van der Waals surface area contributed by atoms with Crippen molar-refractivity contribution in [1.29, 1.82) is 0 Å². The van der Waals surface area contributed by atoms with Gasteiger partial charge in [-0.1, -0.05) is 118 Å². The first-order valence-electron chi connectivity index (χ1n) is 9.73. The molecule has 1 aliphatic rings. The molecule has 9 heteroatoms. The summed E-state index contributed by atoms with van der Waals surface area (Å²) in [5.41, 5.74) is 0. The third kappa shape index (κ3) is 28.9. The third-order valence-corrected chi connectivity index (χ3v) is 13.3. The van der Waals surface area contributed by atoms with Crippen LogP contribution in [-0.4, -0.2) is 56.3 Å². The molecular formula is C18H47CoN4Si4. The molecule has 0 amide bonds. The molecule has 0 N–H and O–H groups in total. The molecule has 0 fully saturated rings. The molecule has 0 aromatic carbocycles. The van der Waals surface area contributed by atoms with Crippen molar-refractivity contribution in [3.63, 3.8) is 0 Å². The van der Waals surface area contributed by atoms with Crippen LogP contribution >= 0.6 is 0 Å². The molecule has 0 aliphatic carbocycles. The average molecular weight is 491 g/mol. The smallest absolute Gasteiger partial charge is 0.668 e.